The van der Waals surface area contributed by atoms with Gasteiger partial charge in [-0.3, -0.25) is 10.1 Å². The summed E-state index contributed by atoms with van der Waals surface area (Å²) in [6.07, 6.45) is 9.57. The first-order chi connectivity index (χ1) is 10.6. The summed E-state index contributed by atoms with van der Waals surface area (Å²) in [7, 11) is 0. The summed E-state index contributed by atoms with van der Waals surface area (Å²) in [4.78, 5) is 13.3. The normalized spacial score (nSPS) is 24.0. The van der Waals surface area contributed by atoms with Crippen LogP contribution in [-0.4, -0.2) is 21.4 Å². The first kappa shape index (κ1) is 15.5. The maximum atomic E-state index is 11.2. The third-order valence-electron chi connectivity index (χ3n) is 4.20. The molecule has 2 atom stereocenters. The lowest BCUT2D eigenvalue weighted by atomic mass is 10.1. The maximum Gasteiger partial charge on any atom is 0.248 e. The van der Waals surface area contributed by atoms with Gasteiger partial charge in [-0.2, -0.15) is 0 Å². The number of anilines is 1. The second-order valence-electron chi connectivity index (χ2n) is 5.89. The highest BCUT2D eigenvalue weighted by molar-refractivity contribution is 14.1. The van der Waals surface area contributed by atoms with E-state index in [1.54, 1.807) is 6.08 Å². The molecule has 2 aliphatic carbocycles. The highest BCUT2D eigenvalue weighted by Gasteiger charge is 2.30. The third kappa shape index (κ3) is 3.69. The molecular weight excluding hydrogens is 391 g/mol. The molecular formula is C17H19IN2O2. The molecule has 0 N–H and O–H groups in total. The van der Waals surface area contributed by atoms with Crippen molar-refractivity contribution in [2.75, 3.05) is 11.4 Å². The summed E-state index contributed by atoms with van der Waals surface area (Å²) < 4.78 is -0.0857. The molecule has 22 heavy (non-hydrogen) atoms. The number of halogens is 1. The molecule has 4 nitrogen and oxygen atoms in total. The number of alkyl halides is 1. The van der Waals surface area contributed by atoms with E-state index in [4.69, 9.17) is 0 Å². The Hall–Kier alpha value is -1.37. The van der Waals surface area contributed by atoms with Crippen LogP contribution in [0.1, 0.15) is 19.3 Å². The van der Waals surface area contributed by atoms with Gasteiger partial charge in [0.1, 0.15) is 3.92 Å². The van der Waals surface area contributed by atoms with E-state index in [1.165, 1.54) is 12.8 Å². The topological polar surface area (TPSA) is 46.4 Å². The second-order valence-corrected chi connectivity index (χ2v) is 7.33. The number of hydrogen-bond acceptors (Lipinski definition) is 3. The number of nitrogens with zero attached hydrogens (tertiary/aromatic N) is 2. The Morgan fingerprint density at radius 1 is 1.27 bits per heavy atom. The van der Waals surface area contributed by atoms with Crippen LogP contribution in [-0.2, 0) is 0 Å². The van der Waals surface area contributed by atoms with Crippen molar-refractivity contribution in [2.45, 2.75) is 29.2 Å². The molecule has 1 aromatic rings. The summed E-state index contributed by atoms with van der Waals surface area (Å²) in [5.74, 6) is 0.836. The van der Waals surface area contributed by atoms with Crippen molar-refractivity contribution >= 4 is 28.3 Å². The van der Waals surface area contributed by atoms with E-state index in [1.807, 2.05) is 30.4 Å². The lowest BCUT2D eigenvalue weighted by Gasteiger charge is -2.28. The molecule has 1 fully saturated rings. The van der Waals surface area contributed by atoms with Crippen molar-refractivity contribution in [2.24, 2.45) is 5.92 Å². The summed E-state index contributed by atoms with van der Waals surface area (Å²) in [6.45, 7) is 0.918. The summed E-state index contributed by atoms with van der Waals surface area (Å²) in [5, 5.41) is 11.2. The number of rotatable bonds is 6. The Bertz CT molecular complexity index is 596. The van der Waals surface area contributed by atoms with Crippen LogP contribution in [0.5, 0.6) is 0 Å². The maximum absolute atomic E-state index is 11.2. The van der Waals surface area contributed by atoms with E-state index in [2.05, 4.69) is 39.6 Å². The van der Waals surface area contributed by atoms with Gasteiger partial charge >= 0.3 is 0 Å². The van der Waals surface area contributed by atoms with Gasteiger partial charge in [-0.25, -0.2) is 0 Å². The third-order valence-corrected chi connectivity index (χ3v) is 5.35. The summed E-state index contributed by atoms with van der Waals surface area (Å²) >= 11 is 2.13. The van der Waals surface area contributed by atoms with E-state index in [-0.39, 0.29) is 8.85 Å². The number of allylic oxidation sites excluding steroid dienone is 1. The Labute approximate surface area is 144 Å². The SMILES string of the molecule is O=[N+]([O-])[C@H]1C=C(N(CCC2CC2)c2ccccc2)C=C[C@@H]1I. The lowest BCUT2D eigenvalue weighted by Crippen LogP contribution is -2.33. The minimum atomic E-state index is -0.646. The molecule has 5 heteroatoms. The van der Waals surface area contributed by atoms with E-state index in [9.17, 15) is 10.1 Å². The van der Waals surface area contributed by atoms with Gasteiger partial charge in [-0.05, 0) is 30.5 Å². The fraction of sp³-hybridized carbons (Fsp3) is 0.412. The molecule has 0 amide bonds. The van der Waals surface area contributed by atoms with Crippen LogP contribution in [0.25, 0.3) is 0 Å². The monoisotopic (exact) mass is 410 g/mol. The quantitative estimate of drug-likeness (QED) is 0.306. The molecule has 0 aliphatic heterocycles. The van der Waals surface area contributed by atoms with Crippen LogP contribution < -0.4 is 4.90 Å². The van der Waals surface area contributed by atoms with Crippen molar-refractivity contribution in [3.63, 3.8) is 0 Å². The van der Waals surface area contributed by atoms with Crippen molar-refractivity contribution < 1.29 is 4.92 Å². The van der Waals surface area contributed by atoms with Gasteiger partial charge in [0.05, 0.1) is 0 Å². The number of hydrogen-bond donors (Lipinski definition) is 0. The standard InChI is InChI=1S/C17H19IN2O2/c18-16-9-8-15(12-17(16)20(21)22)19(11-10-13-6-7-13)14-4-2-1-3-5-14/h1-5,8-9,12-13,16-17H,6-7,10-11H2/t16-,17-/m0/s1. The van der Waals surface area contributed by atoms with Crippen molar-refractivity contribution in [1.29, 1.82) is 0 Å². The number of nitro groups is 1. The minimum absolute atomic E-state index is 0.0857. The van der Waals surface area contributed by atoms with Crippen LogP contribution >= 0.6 is 22.6 Å². The Balaban J connectivity index is 1.85. The molecule has 2 aliphatic rings. The van der Waals surface area contributed by atoms with Crippen molar-refractivity contribution in [3.8, 4) is 0 Å². The van der Waals surface area contributed by atoms with E-state index in [0.29, 0.717) is 0 Å². The van der Waals surface area contributed by atoms with Gasteiger partial charge in [0.25, 0.3) is 0 Å². The molecule has 0 aromatic heterocycles. The molecule has 0 heterocycles. The summed E-state index contributed by atoms with van der Waals surface area (Å²) in [6, 6.07) is 9.51. The molecule has 0 bridgehead atoms. The van der Waals surface area contributed by atoms with Gasteiger partial charge in [0, 0.05) is 28.9 Å². The highest BCUT2D eigenvalue weighted by Crippen LogP contribution is 2.34. The van der Waals surface area contributed by atoms with Crippen LogP contribution in [0, 0.1) is 16.0 Å². The molecule has 1 aromatic carbocycles. The predicted molar refractivity (Wildman–Crippen MR) is 96.9 cm³/mol. The van der Waals surface area contributed by atoms with E-state index in [0.717, 1.165) is 30.3 Å². The zero-order valence-electron chi connectivity index (χ0n) is 12.3. The summed E-state index contributed by atoms with van der Waals surface area (Å²) in [5.41, 5.74) is 2.05. The van der Waals surface area contributed by atoms with Crippen LogP contribution in [0.4, 0.5) is 5.69 Å². The molecule has 0 radical (unpaired) electrons. The molecule has 0 saturated heterocycles. The van der Waals surface area contributed by atoms with Crippen LogP contribution in [0.2, 0.25) is 0 Å². The Kier molecular flexibility index (Phi) is 4.81. The molecule has 116 valence electrons. The van der Waals surface area contributed by atoms with Crippen LogP contribution in [0.3, 0.4) is 0 Å². The number of para-hydroxylation sites is 1. The Morgan fingerprint density at radius 3 is 2.64 bits per heavy atom. The van der Waals surface area contributed by atoms with Gasteiger partial charge in [-0.15, -0.1) is 0 Å². The molecule has 3 rings (SSSR count). The highest BCUT2D eigenvalue weighted by atomic mass is 127. The number of benzene rings is 1. The second kappa shape index (κ2) is 6.81. The molecule has 1 saturated carbocycles. The predicted octanol–water partition coefficient (Wildman–Crippen LogP) is 4.20. The van der Waals surface area contributed by atoms with Gasteiger partial charge in [0.2, 0.25) is 6.04 Å². The average Bonchev–Trinajstić information content (AvgIpc) is 3.34. The van der Waals surface area contributed by atoms with Crippen molar-refractivity contribution in [3.05, 3.63) is 64.4 Å². The van der Waals surface area contributed by atoms with E-state index < -0.39 is 6.04 Å². The fourth-order valence-corrected chi connectivity index (χ4v) is 3.40. The first-order valence-corrected chi connectivity index (χ1v) is 8.90. The largest absolute Gasteiger partial charge is 0.342 e. The minimum Gasteiger partial charge on any atom is -0.342 e. The average molecular weight is 410 g/mol. The van der Waals surface area contributed by atoms with E-state index >= 15 is 0 Å². The lowest BCUT2D eigenvalue weighted by molar-refractivity contribution is -0.506. The molecule has 0 spiro atoms. The Morgan fingerprint density at radius 2 is 2.00 bits per heavy atom. The van der Waals surface area contributed by atoms with Crippen molar-refractivity contribution in [1.82, 2.24) is 0 Å². The van der Waals surface area contributed by atoms with Gasteiger partial charge in [-0.1, -0.05) is 59.7 Å². The first-order valence-electron chi connectivity index (χ1n) is 7.65. The smallest absolute Gasteiger partial charge is 0.248 e. The fourth-order valence-electron chi connectivity index (χ4n) is 2.72. The zero-order chi connectivity index (χ0) is 15.5. The van der Waals surface area contributed by atoms with Crippen LogP contribution in [0.15, 0.2) is 54.3 Å². The molecule has 0 unspecified atom stereocenters. The zero-order valence-corrected chi connectivity index (χ0v) is 14.4. The van der Waals surface area contributed by atoms with Gasteiger partial charge in [0.15, 0.2) is 0 Å². The van der Waals surface area contributed by atoms with Gasteiger partial charge < -0.3 is 4.90 Å².